The lowest BCUT2D eigenvalue weighted by Gasteiger charge is -2.15. The van der Waals surface area contributed by atoms with Crippen molar-refractivity contribution in [2.75, 3.05) is 19.4 Å². The molecule has 0 spiro atoms. The monoisotopic (exact) mass is 390 g/mol. The van der Waals surface area contributed by atoms with Gasteiger partial charge in [-0.1, -0.05) is 34.1 Å². The molecule has 1 aromatic heterocycles. The fraction of sp³-hybridized carbons (Fsp3) is 0.235. The van der Waals surface area contributed by atoms with E-state index >= 15 is 0 Å². The number of hydrogen-bond acceptors (Lipinski definition) is 3. The fourth-order valence-corrected chi connectivity index (χ4v) is 2.48. The van der Waals surface area contributed by atoms with Crippen LogP contribution in [0.2, 0.25) is 0 Å². The predicted octanol–water partition coefficient (Wildman–Crippen LogP) is 3.43. The van der Waals surface area contributed by atoms with Gasteiger partial charge in [0.1, 0.15) is 11.5 Å². The van der Waals surface area contributed by atoms with E-state index in [1.165, 1.54) is 4.90 Å². The van der Waals surface area contributed by atoms with Gasteiger partial charge in [0.05, 0.1) is 6.04 Å². The van der Waals surface area contributed by atoms with Crippen LogP contribution in [0.5, 0.6) is 0 Å². The number of nitrogens with zero attached hydrogens (tertiary/aromatic N) is 2. The van der Waals surface area contributed by atoms with Gasteiger partial charge in [-0.2, -0.15) is 0 Å². The van der Waals surface area contributed by atoms with Crippen molar-refractivity contribution in [3.05, 3.63) is 58.2 Å². The van der Waals surface area contributed by atoms with Crippen molar-refractivity contribution in [2.45, 2.75) is 13.0 Å². The summed E-state index contributed by atoms with van der Waals surface area (Å²) in [5.74, 6) is 0.100. The smallest absolute Gasteiger partial charge is 0.320 e. The maximum atomic E-state index is 12.1. The van der Waals surface area contributed by atoms with Gasteiger partial charge in [0.25, 0.3) is 5.91 Å². The minimum atomic E-state index is -0.385. The summed E-state index contributed by atoms with van der Waals surface area (Å²) < 4.78 is 0.950. The highest BCUT2D eigenvalue weighted by Gasteiger charge is 2.13. The average molecular weight is 391 g/mol. The lowest BCUT2D eigenvalue weighted by molar-refractivity contribution is 0.0822. The van der Waals surface area contributed by atoms with Crippen LogP contribution in [0.25, 0.3) is 0 Å². The summed E-state index contributed by atoms with van der Waals surface area (Å²) in [5, 5.41) is 5.48. The van der Waals surface area contributed by atoms with E-state index in [4.69, 9.17) is 0 Å². The Morgan fingerprint density at radius 3 is 2.54 bits per heavy atom. The quantitative estimate of drug-likeness (QED) is 0.839. The zero-order valence-electron chi connectivity index (χ0n) is 13.7. The van der Waals surface area contributed by atoms with Crippen LogP contribution in [-0.4, -0.2) is 35.9 Å². The lowest BCUT2D eigenvalue weighted by Crippen LogP contribution is -2.31. The van der Waals surface area contributed by atoms with Gasteiger partial charge in [0.2, 0.25) is 0 Å². The van der Waals surface area contributed by atoms with Crippen LogP contribution in [0, 0.1) is 0 Å². The second kappa shape index (κ2) is 7.92. The Morgan fingerprint density at radius 1 is 1.17 bits per heavy atom. The van der Waals surface area contributed by atoms with E-state index in [1.807, 2.05) is 31.2 Å². The number of rotatable bonds is 4. The first kappa shape index (κ1) is 17.9. The first-order valence-electron chi connectivity index (χ1n) is 7.38. The molecule has 1 unspecified atom stereocenters. The van der Waals surface area contributed by atoms with Gasteiger partial charge in [0.15, 0.2) is 0 Å². The molecule has 6 nitrogen and oxygen atoms in total. The molecule has 1 aromatic carbocycles. The van der Waals surface area contributed by atoms with Gasteiger partial charge >= 0.3 is 6.03 Å². The highest BCUT2D eigenvalue weighted by molar-refractivity contribution is 9.10. The van der Waals surface area contributed by atoms with Gasteiger partial charge in [-0.25, -0.2) is 9.78 Å². The predicted molar refractivity (Wildman–Crippen MR) is 97.0 cm³/mol. The maximum absolute atomic E-state index is 12.1. The van der Waals surface area contributed by atoms with E-state index in [2.05, 4.69) is 31.5 Å². The third-order valence-corrected chi connectivity index (χ3v) is 3.81. The molecule has 1 atom stereocenters. The molecule has 0 saturated carbocycles. The van der Waals surface area contributed by atoms with Crippen molar-refractivity contribution in [1.29, 1.82) is 0 Å². The number of halogens is 1. The Morgan fingerprint density at radius 2 is 1.88 bits per heavy atom. The summed E-state index contributed by atoms with van der Waals surface area (Å²) in [6.07, 6.45) is 0. The summed E-state index contributed by atoms with van der Waals surface area (Å²) in [4.78, 5) is 29.6. The second-order valence-corrected chi connectivity index (χ2v) is 6.40. The zero-order valence-corrected chi connectivity index (χ0v) is 15.3. The van der Waals surface area contributed by atoms with E-state index in [-0.39, 0.29) is 23.7 Å². The number of benzene rings is 1. The molecule has 7 heteroatoms. The van der Waals surface area contributed by atoms with E-state index < -0.39 is 0 Å². The van der Waals surface area contributed by atoms with Crippen molar-refractivity contribution in [2.24, 2.45) is 0 Å². The molecule has 126 valence electrons. The number of hydrogen-bond donors (Lipinski definition) is 2. The molecule has 0 aliphatic carbocycles. The summed E-state index contributed by atoms with van der Waals surface area (Å²) in [5.41, 5.74) is 1.25. The van der Waals surface area contributed by atoms with Crippen LogP contribution in [0.15, 0.2) is 46.9 Å². The molecule has 0 radical (unpaired) electrons. The molecule has 0 aliphatic heterocycles. The second-order valence-electron chi connectivity index (χ2n) is 5.48. The number of pyridine rings is 1. The molecular weight excluding hydrogens is 372 g/mol. The van der Waals surface area contributed by atoms with Crippen molar-refractivity contribution in [3.8, 4) is 0 Å². The molecule has 2 aromatic rings. The normalized spacial score (nSPS) is 11.5. The van der Waals surface area contributed by atoms with Crippen LogP contribution in [0.1, 0.15) is 29.0 Å². The highest BCUT2D eigenvalue weighted by atomic mass is 79.9. The average Bonchev–Trinajstić information content (AvgIpc) is 2.54. The first-order valence-corrected chi connectivity index (χ1v) is 8.18. The molecular formula is C17H19BrN4O2. The van der Waals surface area contributed by atoms with Crippen molar-refractivity contribution in [3.63, 3.8) is 0 Å². The lowest BCUT2D eigenvalue weighted by atomic mass is 10.1. The van der Waals surface area contributed by atoms with Gasteiger partial charge in [-0.15, -0.1) is 0 Å². The fourth-order valence-electron chi connectivity index (χ4n) is 2.06. The molecule has 2 N–H and O–H groups in total. The summed E-state index contributed by atoms with van der Waals surface area (Å²) in [6.45, 7) is 1.89. The molecule has 24 heavy (non-hydrogen) atoms. The molecule has 0 saturated heterocycles. The Bertz CT molecular complexity index is 749. The topological polar surface area (TPSA) is 74.3 Å². The van der Waals surface area contributed by atoms with Crippen molar-refractivity contribution < 1.29 is 9.59 Å². The minimum Gasteiger partial charge on any atom is -0.343 e. The van der Waals surface area contributed by atoms with Crippen LogP contribution in [0.4, 0.5) is 10.6 Å². The molecule has 0 aliphatic rings. The van der Waals surface area contributed by atoms with E-state index in [0.29, 0.717) is 5.82 Å². The standard InChI is InChI=1S/C17H19BrN4O2/c1-11(12-6-4-7-13(18)10-12)19-17(24)21-15-9-5-8-14(20-15)16(23)22(2)3/h4-11H,1-3H3,(H2,19,20,21,24). The number of carbonyl (C=O) groups excluding carboxylic acids is 2. The van der Waals surface area contributed by atoms with E-state index in [9.17, 15) is 9.59 Å². The summed E-state index contributed by atoms with van der Waals surface area (Å²) in [6, 6.07) is 12.1. The minimum absolute atomic E-state index is 0.172. The number of urea groups is 1. The van der Waals surface area contributed by atoms with Crippen LogP contribution in [-0.2, 0) is 0 Å². The molecule has 0 fully saturated rings. The molecule has 0 bridgehead atoms. The van der Waals surface area contributed by atoms with Crippen LogP contribution >= 0.6 is 15.9 Å². The zero-order chi connectivity index (χ0) is 17.7. The number of carbonyl (C=O) groups is 2. The Balaban J connectivity index is 2.02. The van der Waals surface area contributed by atoms with Gasteiger partial charge in [-0.05, 0) is 36.8 Å². The van der Waals surface area contributed by atoms with Crippen molar-refractivity contribution >= 4 is 33.7 Å². The van der Waals surface area contributed by atoms with Crippen LogP contribution in [0.3, 0.4) is 0 Å². The third-order valence-electron chi connectivity index (χ3n) is 3.31. The largest absolute Gasteiger partial charge is 0.343 e. The van der Waals surface area contributed by atoms with Crippen molar-refractivity contribution in [1.82, 2.24) is 15.2 Å². The Labute approximate surface area is 149 Å². The van der Waals surface area contributed by atoms with E-state index in [1.54, 1.807) is 32.3 Å². The van der Waals surface area contributed by atoms with Gasteiger partial charge in [0, 0.05) is 18.6 Å². The number of nitrogens with one attached hydrogen (secondary N) is 2. The molecule has 3 amide bonds. The third kappa shape index (κ3) is 4.79. The highest BCUT2D eigenvalue weighted by Crippen LogP contribution is 2.18. The number of aromatic nitrogens is 1. The first-order chi connectivity index (χ1) is 11.4. The van der Waals surface area contributed by atoms with Gasteiger partial charge < -0.3 is 10.2 Å². The van der Waals surface area contributed by atoms with Crippen LogP contribution < -0.4 is 10.6 Å². The summed E-state index contributed by atoms with van der Waals surface area (Å²) in [7, 11) is 3.30. The van der Waals surface area contributed by atoms with Gasteiger partial charge in [-0.3, -0.25) is 10.1 Å². The number of amides is 3. The number of anilines is 1. The summed E-state index contributed by atoms with van der Waals surface area (Å²) >= 11 is 3.41. The molecule has 2 rings (SSSR count). The maximum Gasteiger partial charge on any atom is 0.320 e. The Hall–Kier alpha value is -2.41. The Kier molecular flexibility index (Phi) is 5.92. The molecule has 1 heterocycles. The SMILES string of the molecule is CC(NC(=O)Nc1cccc(C(=O)N(C)C)n1)c1cccc(Br)c1. The van der Waals surface area contributed by atoms with E-state index in [0.717, 1.165) is 10.0 Å².